The maximum atomic E-state index is 15.4. The number of alkyl halides is 1. The summed E-state index contributed by atoms with van der Waals surface area (Å²) in [6.45, 7) is 6.30. The van der Waals surface area contributed by atoms with Crippen LogP contribution < -0.4 is 5.69 Å². The van der Waals surface area contributed by atoms with Crippen molar-refractivity contribution in [3.05, 3.63) is 28.4 Å². The molecule has 0 N–H and O–H groups in total. The van der Waals surface area contributed by atoms with Gasteiger partial charge in [0, 0.05) is 11.9 Å². The number of rotatable bonds is 2. The van der Waals surface area contributed by atoms with Crippen LogP contribution in [0.5, 0.6) is 0 Å². The molecule has 9 heteroatoms. The van der Waals surface area contributed by atoms with Crippen LogP contribution in [-0.2, 0) is 18.3 Å². The van der Waals surface area contributed by atoms with Crippen molar-refractivity contribution in [1.82, 2.24) is 9.55 Å². The molecule has 0 saturated carbocycles. The predicted octanol–water partition coefficient (Wildman–Crippen LogP) is 2.19. The van der Waals surface area contributed by atoms with E-state index in [0.717, 1.165) is 4.57 Å². The van der Waals surface area contributed by atoms with Gasteiger partial charge in [-0.3, -0.25) is 13.7 Å². The van der Waals surface area contributed by atoms with Gasteiger partial charge in [-0.25, -0.2) is 9.18 Å². The number of ether oxygens (including phenoxy) is 1. The Kier molecular flexibility index (Phi) is 3.99. The Morgan fingerprint density at radius 1 is 1.52 bits per heavy atom. The van der Waals surface area contributed by atoms with Gasteiger partial charge < -0.3 is 9.26 Å². The van der Waals surface area contributed by atoms with Crippen LogP contribution in [-0.4, -0.2) is 39.7 Å². The summed E-state index contributed by atoms with van der Waals surface area (Å²) in [5, 5.41) is 0. The van der Waals surface area contributed by atoms with Crippen LogP contribution in [0.15, 0.2) is 17.1 Å². The highest BCUT2D eigenvalue weighted by molar-refractivity contribution is 7.54. The van der Waals surface area contributed by atoms with Crippen molar-refractivity contribution in [1.29, 1.82) is 0 Å². The molecule has 1 aromatic rings. The maximum absolute atomic E-state index is 15.4. The highest BCUT2D eigenvalue weighted by atomic mass is 31.2. The van der Waals surface area contributed by atoms with E-state index in [1.807, 2.05) is 0 Å². The van der Waals surface area contributed by atoms with E-state index in [2.05, 4.69) is 4.98 Å². The summed E-state index contributed by atoms with van der Waals surface area (Å²) in [5.41, 5.74) is -2.50. The van der Waals surface area contributed by atoms with Gasteiger partial charge in [0.1, 0.15) is 12.2 Å². The van der Waals surface area contributed by atoms with Crippen molar-refractivity contribution in [2.24, 2.45) is 0 Å². The van der Waals surface area contributed by atoms with E-state index in [4.69, 9.17) is 13.8 Å². The van der Waals surface area contributed by atoms with E-state index in [-0.39, 0.29) is 12.3 Å². The summed E-state index contributed by atoms with van der Waals surface area (Å²) < 4.78 is 45.5. The third-order valence-corrected chi connectivity index (χ3v) is 6.51. The van der Waals surface area contributed by atoms with Gasteiger partial charge in [-0.05, 0) is 19.9 Å². The van der Waals surface area contributed by atoms with Gasteiger partial charge in [0.25, 0.3) is 0 Å². The molecule has 23 heavy (non-hydrogen) atoms. The molecular formula is C14H20FN2O5P. The Hall–Kier alpha value is -1.08. The van der Waals surface area contributed by atoms with Gasteiger partial charge in [0.05, 0.1) is 12.3 Å². The maximum Gasteiger partial charge on any atom is 0.349 e. The smallest absolute Gasteiger partial charge is 0.346 e. The molecule has 0 spiro atoms. The van der Waals surface area contributed by atoms with Gasteiger partial charge in [0.15, 0.2) is 11.9 Å². The Labute approximate surface area is 133 Å². The average Bonchev–Trinajstić information content (AvgIpc) is 2.70. The Bertz CT molecular complexity index is 719. The van der Waals surface area contributed by atoms with E-state index in [9.17, 15) is 9.36 Å². The van der Waals surface area contributed by atoms with Gasteiger partial charge in [-0.2, -0.15) is 4.98 Å². The fraction of sp³-hybridized carbons (Fsp3) is 0.714. The van der Waals surface area contributed by atoms with E-state index < -0.39 is 37.4 Å². The van der Waals surface area contributed by atoms with E-state index in [1.165, 1.54) is 13.1 Å². The third-order valence-electron chi connectivity index (χ3n) is 4.21. The molecule has 0 amide bonds. The first kappa shape index (κ1) is 16.8. The molecule has 5 atom stereocenters. The van der Waals surface area contributed by atoms with Crippen molar-refractivity contribution >= 4 is 7.60 Å². The zero-order chi connectivity index (χ0) is 17.0. The van der Waals surface area contributed by atoms with Crippen LogP contribution in [0.2, 0.25) is 0 Å². The summed E-state index contributed by atoms with van der Waals surface area (Å²) in [7, 11) is -3.40. The third kappa shape index (κ3) is 2.67. The van der Waals surface area contributed by atoms with Gasteiger partial charge in [-0.1, -0.05) is 13.8 Å². The first-order chi connectivity index (χ1) is 10.6. The molecule has 2 aliphatic rings. The minimum Gasteiger partial charge on any atom is -0.346 e. The number of hydrogen-bond donors (Lipinski definition) is 0. The average molecular weight is 346 g/mol. The fourth-order valence-corrected chi connectivity index (χ4v) is 4.44. The SMILES string of the molecule is Cc1ccn([C@@H]2O[C@@H]3COP(=O)(C(C)C)O[C@H]3[C@@]2(C)F)c(=O)n1. The summed E-state index contributed by atoms with van der Waals surface area (Å²) in [6.07, 6.45) is -1.57. The molecule has 128 valence electrons. The summed E-state index contributed by atoms with van der Waals surface area (Å²) in [6, 6.07) is 1.60. The second-order valence-corrected chi connectivity index (χ2v) is 8.97. The summed E-state index contributed by atoms with van der Waals surface area (Å²) in [4.78, 5) is 15.8. The molecule has 3 rings (SSSR count). The number of fused-ring (bicyclic) bond motifs is 1. The fourth-order valence-electron chi connectivity index (χ4n) is 2.82. The van der Waals surface area contributed by atoms with Crippen LogP contribution >= 0.6 is 7.60 Å². The van der Waals surface area contributed by atoms with Gasteiger partial charge in [-0.15, -0.1) is 0 Å². The van der Waals surface area contributed by atoms with Crippen LogP contribution in [0.1, 0.15) is 32.7 Å². The zero-order valence-corrected chi connectivity index (χ0v) is 14.3. The lowest BCUT2D eigenvalue weighted by Crippen LogP contribution is -2.46. The molecule has 0 aromatic carbocycles. The Morgan fingerprint density at radius 2 is 2.22 bits per heavy atom. The highest BCUT2D eigenvalue weighted by Gasteiger charge is 2.61. The number of aryl methyl sites for hydroxylation is 1. The topological polar surface area (TPSA) is 79.6 Å². The van der Waals surface area contributed by atoms with E-state index in [1.54, 1.807) is 26.8 Å². The van der Waals surface area contributed by atoms with Crippen LogP contribution in [0.3, 0.4) is 0 Å². The molecule has 0 aliphatic carbocycles. The van der Waals surface area contributed by atoms with Gasteiger partial charge >= 0.3 is 13.3 Å². The second kappa shape index (κ2) is 5.48. The summed E-state index contributed by atoms with van der Waals surface area (Å²) in [5.74, 6) is 0. The standard InChI is InChI=1S/C14H20FN2O5P/c1-8(2)23(19)20-7-10-11(22-23)14(4,15)12(21-10)17-6-5-9(3)16-13(17)18/h5-6,8,10-12H,7H2,1-4H3/t10-,11-,12-,14-,23?/m1/s1. The van der Waals surface area contributed by atoms with Crippen molar-refractivity contribution in [2.45, 2.75) is 57.5 Å². The summed E-state index contributed by atoms with van der Waals surface area (Å²) >= 11 is 0. The number of hydrogen-bond acceptors (Lipinski definition) is 6. The van der Waals surface area contributed by atoms with Crippen molar-refractivity contribution in [3.8, 4) is 0 Å². The highest BCUT2D eigenvalue weighted by Crippen LogP contribution is 2.61. The quantitative estimate of drug-likeness (QED) is 0.764. The van der Waals surface area contributed by atoms with Crippen molar-refractivity contribution < 1.29 is 22.7 Å². The predicted molar refractivity (Wildman–Crippen MR) is 80.2 cm³/mol. The molecule has 0 bridgehead atoms. The molecule has 2 fully saturated rings. The molecule has 3 heterocycles. The lowest BCUT2D eigenvalue weighted by molar-refractivity contribution is -0.0637. The minimum atomic E-state index is -3.40. The van der Waals surface area contributed by atoms with Crippen molar-refractivity contribution in [3.63, 3.8) is 0 Å². The lowest BCUT2D eigenvalue weighted by atomic mass is 9.98. The molecule has 1 aromatic heterocycles. The van der Waals surface area contributed by atoms with Crippen LogP contribution in [0, 0.1) is 6.92 Å². The first-order valence-electron chi connectivity index (χ1n) is 7.48. The molecule has 0 radical (unpaired) electrons. The number of halogens is 1. The largest absolute Gasteiger partial charge is 0.349 e. The molecule has 2 saturated heterocycles. The molecule has 1 unspecified atom stereocenters. The van der Waals surface area contributed by atoms with Crippen molar-refractivity contribution in [2.75, 3.05) is 6.61 Å². The van der Waals surface area contributed by atoms with E-state index in [0.29, 0.717) is 5.69 Å². The number of nitrogens with zero attached hydrogens (tertiary/aromatic N) is 2. The lowest BCUT2D eigenvalue weighted by Gasteiger charge is -2.36. The first-order valence-corrected chi connectivity index (χ1v) is 9.09. The Morgan fingerprint density at radius 3 is 2.83 bits per heavy atom. The Balaban J connectivity index is 1.95. The monoisotopic (exact) mass is 346 g/mol. The minimum absolute atomic E-state index is 0.0375. The van der Waals surface area contributed by atoms with E-state index >= 15 is 4.39 Å². The second-order valence-electron chi connectivity index (χ2n) is 6.39. The normalized spacial score (nSPS) is 40.3. The molecule has 2 aliphatic heterocycles. The zero-order valence-electron chi connectivity index (χ0n) is 13.4. The van der Waals surface area contributed by atoms with Crippen LogP contribution in [0.25, 0.3) is 0 Å². The molecule has 7 nitrogen and oxygen atoms in total. The molecular weight excluding hydrogens is 326 g/mol. The number of aromatic nitrogens is 2. The van der Waals surface area contributed by atoms with Crippen LogP contribution in [0.4, 0.5) is 4.39 Å². The van der Waals surface area contributed by atoms with Gasteiger partial charge in [0.2, 0.25) is 0 Å².